The number of rotatable bonds is 4. The maximum atomic E-state index is 13.3. The van der Waals surface area contributed by atoms with Crippen LogP contribution < -0.4 is 4.90 Å². The van der Waals surface area contributed by atoms with Crippen LogP contribution >= 0.6 is 0 Å². The lowest BCUT2D eigenvalue weighted by Crippen LogP contribution is -2.39. The second kappa shape index (κ2) is 7.36. The molecule has 8 heteroatoms. The largest absolute Gasteiger partial charge is 0.417 e. The summed E-state index contributed by atoms with van der Waals surface area (Å²) >= 11 is 0. The third kappa shape index (κ3) is 3.66. The van der Waals surface area contributed by atoms with Crippen molar-refractivity contribution in [1.82, 2.24) is 14.8 Å². The summed E-state index contributed by atoms with van der Waals surface area (Å²) in [5, 5.41) is 16.7. The number of hydrogen-bond acceptors (Lipinski definition) is 4. The molecule has 1 aliphatic carbocycles. The van der Waals surface area contributed by atoms with E-state index in [2.05, 4.69) is 10.2 Å². The molecular weight excluding hydrogens is 343 g/mol. The van der Waals surface area contributed by atoms with Crippen LogP contribution in [0.2, 0.25) is 0 Å². The SMILES string of the molecule is CCN(c1ccc(C#N)c(C(F)(F)F)c1)C1CCCC(n2cnnc2)C1. The number of benzene rings is 1. The van der Waals surface area contributed by atoms with Crippen LogP contribution in [0, 0.1) is 11.3 Å². The summed E-state index contributed by atoms with van der Waals surface area (Å²) in [6.45, 7) is 2.54. The molecule has 0 saturated heterocycles. The summed E-state index contributed by atoms with van der Waals surface area (Å²) in [7, 11) is 0. The molecule has 1 heterocycles. The molecule has 26 heavy (non-hydrogen) atoms. The van der Waals surface area contributed by atoms with Gasteiger partial charge in [0, 0.05) is 24.3 Å². The normalized spacial score (nSPS) is 20.6. The molecule has 0 N–H and O–H groups in total. The third-order valence-corrected chi connectivity index (χ3v) is 5.02. The molecule has 138 valence electrons. The van der Waals surface area contributed by atoms with Crippen LogP contribution in [0.25, 0.3) is 0 Å². The predicted molar refractivity (Wildman–Crippen MR) is 90.5 cm³/mol. The minimum absolute atomic E-state index is 0.134. The second-order valence-electron chi connectivity index (χ2n) is 6.51. The first-order chi connectivity index (χ1) is 12.4. The summed E-state index contributed by atoms with van der Waals surface area (Å²) in [6.07, 6.45) is 2.58. The third-order valence-electron chi connectivity index (χ3n) is 5.02. The summed E-state index contributed by atoms with van der Waals surface area (Å²) in [5.41, 5.74) is -0.710. The molecule has 0 bridgehead atoms. The van der Waals surface area contributed by atoms with Crippen LogP contribution in [-0.4, -0.2) is 27.4 Å². The molecule has 2 unspecified atom stereocenters. The van der Waals surface area contributed by atoms with Gasteiger partial charge in [0.05, 0.1) is 17.2 Å². The van der Waals surface area contributed by atoms with Crippen molar-refractivity contribution in [3.05, 3.63) is 42.0 Å². The highest BCUT2D eigenvalue weighted by Crippen LogP contribution is 2.37. The maximum Gasteiger partial charge on any atom is 0.417 e. The van der Waals surface area contributed by atoms with E-state index in [-0.39, 0.29) is 17.6 Å². The molecular formula is C18H20F3N5. The molecule has 1 fully saturated rings. The van der Waals surface area contributed by atoms with Gasteiger partial charge < -0.3 is 9.47 Å². The van der Waals surface area contributed by atoms with E-state index in [0.717, 1.165) is 31.7 Å². The maximum absolute atomic E-state index is 13.3. The summed E-state index contributed by atoms with van der Waals surface area (Å²) in [6, 6.07) is 6.00. The van der Waals surface area contributed by atoms with Gasteiger partial charge >= 0.3 is 6.18 Å². The van der Waals surface area contributed by atoms with Gasteiger partial charge in [-0.1, -0.05) is 0 Å². The van der Waals surface area contributed by atoms with Crippen molar-refractivity contribution in [3.63, 3.8) is 0 Å². The van der Waals surface area contributed by atoms with Crippen molar-refractivity contribution < 1.29 is 13.2 Å². The number of nitriles is 1. The lowest BCUT2D eigenvalue weighted by molar-refractivity contribution is -0.137. The smallest absolute Gasteiger partial charge is 0.369 e. The van der Waals surface area contributed by atoms with Crippen LogP contribution in [-0.2, 0) is 6.18 Å². The Bertz CT molecular complexity index is 779. The Labute approximate surface area is 150 Å². The highest BCUT2D eigenvalue weighted by molar-refractivity contribution is 5.55. The fourth-order valence-electron chi connectivity index (χ4n) is 3.78. The van der Waals surface area contributed by atoms with Gasteiger partial charge in [0.15, 0.2) is 0 Å². The zero-order valence-electron chi connectivity index (χ0n) is 14.4. The molecule has 5 nitrogen and oxygen atoms in total. The van der Waals surface area contributed by atoms with Gasteiger partial charge in [-0.15, -0.1) is 10.2 Å². The van der Waals surface area contributed by atoms with E-state index in [1.807, 2.05) is 16.4 Å². The second-order valence-corrected chi connectivity index (χ2v) is 6.51. The first-order valence-corrected chi connectivity index (χ1v) is 8.66. The number of hydrogen-bond donors (Lipinski definition) is 0. The minimum Gasteiger partial charge on any atom is -0.369 e. The first-order valence-electron chi connectivity index (χ1n) is 8.66. The lowest BCUT2D eigenvalue weighted by Gasteiger charge is -2.39. The van der Waals surface area contributed by atoms with Crippen molar-refractivity contribution in [2.45, 2.75) is 50.9 Å². The van der Waals surface area contributed by atoms with E-state index in [4.69, 9.17) is 5.26 Å². The molecule has 0 amide bonds. The Hall–Kier alpha value is -2.56. The quantitative estimate of drug-likeness (QED) is 0.818. The summed E-state index contributed by atoms with van der Waals surface area (Å²) in [5.74, 6) is 0. The average Bonchev–Trinajstić information content (AvgIpc) is 3.16. The van der Waals surface area contributed by atoms with Gasteiger partial charge in [-0.2, -0.15) is 18.4 Å². The van der Waals surface area contributed by atoms with Crippen molar-refractivity contribution >= 4 is 5.69 Å². The molecule has 1 aromatic heterocycles. The van der Waals surface area contributed by atoms with Crippen LogP contribution in [0.1, 0.15) is 49.8 Å². The van der Waals surface area contributed by atoms with E-state index >= 15 is 0 Å². The first kappa shape index (κ1) is 18.2. The molecule has 0 radical (unpaired) electrons. The van der Waals surface area contributed by atoms with Crippen LogP contribution in [0.4, 0.5) is 18.9 Å². The zero-order valence-corrected chi connectivity index (χ0v) is 14.4. The Morgan fingerprint density at radius 2 is 2.00 bits per heavy atom. The van der Waals surface area contributed by atoms with Gasteiger partial charge in [0.2, 0.25) is 0 Å². The van der Waals surface area contributed by atoms with E-state index in [1.54, 1.807) is 24.8 Å². The summed E-state index contributed by atoms with van der Waals surface area (Å²) < 4.78 is 41.8. The van der Waals surface area contributed by atoms with Gasteiger partial charge in [0.1, 0.15) is 12.7 Å². The highest BCUT2D eigenvalue weighted by Gasteiger charge is 2.35. The summed E-state index contributed by atoms with van der Waals surface area (Å²) in [4.78, 5) is 2.01. The minimum atomic E-state index is -4.54. The van der Waals surface area contributed by atoms with Crippen molar-refractivity contribution in [2.75, 3.05) is 11.4 Å². The van der Waals surface area contributed by atoms with Gasteiger partial charge in [0.25, 0.3) is 0 Å². The van der Waals surface area contributed by atoms with Crippen molar-refractivity contribution in [1.29, 1.82) is 5.26 Å². The van der Waals surface area contributed by atoms with Gasteiger partial charge in [-0.3, -0.25) is 0 Å². The van der Waals surface area contributed by atoms with Gasteiger partial charge in [-0.25, -0.2) is 0 Å². The van der Waals surface area contributed by atoms with Crippen LogP contribution in [0.5, 0.6) is 0 Å². The molecule has 1 aromatic carbocycles. The molecule has 0 aliphatic heterocycles. The Kier molecular flexibility index (Phi) is 5.16. The number of halogens is 3. The number of anilines is 1. The van der Waals surface area contributed by atoms with E-state index in [1.165, 1.54) is 6.07 Å². The number of aromatic nitrogens is 3. The predicted octanol–water partition coefficient (Wildman–Crippen LogP) is 4.18. The van der Waals surface area contributed by atoms with E-state index in [0.29, 0.717) is 12.2 Å². The average molecular weight is 363 g/mol. The van der Waals surface area contributed by atoms with Crippen LogP contribution in [0.15, 0.2) is 30.9 Å². The molecule has 1 aliphatic rings. The standard InChI is InChI=1S/C18H20F3N5/c1-2-26(15-5-3-4-14(8-15)25-11-23-24-12-25)16-7-6-13(10-22)17(9-16)18(19,20)21/h6-7,9,11-12,14-15H,2-5,8H2,1H3. The van der Waals surface area contributed by atoms with Crippen molar-refractivity contribution in [2.24, 2.45) is 0 Å². The lowest BCUT2D eigenvalue weighted by atomic mass is 9.89. The Morgan fingerprint density at radius 1 is 1.27 bits per heavy atom. The van der Waals surface area contributed by atoms with Crippen LogP contribution in [0.3, 0.4) is 0 Å². The fourth-order valence-corrected chi connectivity index (χ4v) is 3.78. The van der Waals surface area contributed by atoms with E-state index in [9.17, 15) is 13.2 Å². The van der Waals surface area contributed by atoms with E-state index < -0.39 is 11.7 Å². The molecule has 0 spiro atoms. The molecule has 3 rings (SSSR count). The topological polar surface area (TPSA) is 57.7 Å². The number of nitrogens with zero attached hydrogens (tertiary/aromatic N) is 5. The Morgan fingerprint density at radius 3 is 2.62 bits per heavy atom. The molecule has 1 saturated carbocycles. The Balaban J connectivity index is 1.88. The van der Waals surface area contributed by atoms with Gasteiger partial charge in [-0.05, 0) is 50.8 Å². The number of alkyl halides is 3. The van der Waals surface area contributed by atoms with Crippen molar-refractivity contribution in [3.8, 4) is 6.07 Å². The monoisotopic (exact) mass is 363 g/mol. The zero-order chi connectivity index (χ0) is 18.7. The highest BCUT2D eigenvalue weighted by atomic mass is 19.4. The molecule has 2 atom stereocenters. The fraction of sp³-hybridized carbons (Fsp3) is 0.500. The molecule has 2 aromatic rings.